The Morgan fingerprint density at radius 2 is 1.88 bits per heavy atom. The molecule has 0 saturated carbocycles. The Hall–Kier alpha value is -2.89. The Bertz CT molecular complexity index is 985. The van der Waals surface area contributed by atoms with Gasteiger partial charge in [0.25, 0.3) is 5.56 Å². The number of pyridine rings is 1. The molecule has 0 bridgehead atoms. The van der Waals surface area contributed by atoms with Crippen molar-refractivity contribution in [1.29, 1.82) is 0 Å². The Balaban J connectivity index is 2.26. The van der Waals surface area contributed by atoms with Crippen LogP contribution >= 0.6 is 0 Å². The van der Waals surface area contributed by atoms with E-state index >= 15 is 0 Å². The number of hydrogen-bond acceptors (Lipinski definition) is 4. The van der Waals surface area contributed by atoms with E-state index in [2.05, 4.69) is 5.10 Å². The smallest absolute Gasteiger partial charge is 0.326 e. The number of fused-ring (bicyclic) bond motifs is 1. The van der Waals surface area contributed by atoms with E-state index in [4.69, 9.17) is 4.74 Å². The van der Waals surface area contributed by atoms with E-state index in [1.54, 1.807) is 18.5 Å². The molecular weight excluding hydrogens is 318 g/mol. The zero-order valence-electron chi connectivity index (χ0n) is 14.8. The molecule has 130 valence electrons. The highest BCUT2D eigenvalue weighted by molar-refractivity contribution is 5.84. The van der Waals surface area contributed by atoms with Crippen LogP contribution in [0, 0.1) is 13.8 Å². The van der Waals surface area contributed by atoms with Crippen molar-refractivity contribution in [3.8, 4) is 5.69 Å². The van der Waals surface area contributed by atoms with Gasteiger partial charge in [0.2, 0.25) is 0 Å². The summed E-state index contributed by atoms with van der Waals surface area (Å²) < 4.78 is 8.35. The fourth-order valence-electron chi connectivity index (χ4n) is 3.00. The van der Waals surface area contributed by atoms with E-state index in [0.29, 0.717) is 5.65 Å². The number of ether oxygens (including phenoxy) is 1. The zero-order valence-corrected chi connectivity index (χ0v) is 14.8. The van der Waals surface area contributed by atoms with E-state index in [1.807, 2.05) is 44.2 Å². The summed E-state index contributed by atoms with van der Waals surface area (Å²) in [6, 6.07) is 11.1. The van der Waals surface area contributed by atoms with Crippen LogP contribution in [0.3, 0.4) is 0 Å². The van der Waals surface area contributed by atoms with Crippen molar-refractivity contribution in [3.63, 3.8) is 0 Å². The molecule has 0 aliphatic rings. The molecule has 0 aliphatic heterocycles. The number of benzene rings is 1. The van der Waals surface area contributed by atoms with Crippen molar-refractivity contribution >= 4 is 17.0 Å². The van der Waals surface area contributed by atoms with Gasteiger partial charge < -0.3 is 4.74 Å². The second-order valence-electron chi connectivity index (χ2n) is 6.32. The monoisotopic (exact) mass is 339 g/mol. The average Bonchev–Trinajstić information content (AvgIpc) is 2.89. The molecule has 0 unspecified atom stereocenters. The average molecular weight is 339 g/mol. The van der Waals surface area contributed by atoms with Gasteiger partial charge in [-0.1, -0.05) is 18.2 Å². The molecule has 0 atom stereocenters. The maximum Gasteiger partial charge on any atom is 0.326 e. The van der Waals surface area contributed by atoms with Crippen molar-refractivity contribution in [2.45, 2.75) is 40.3 Å². The minimum Gasteiger partial charge on any atom is -0.462 e. The molecule has 6 heteroatoms. The Morgan fingerprint density at radius 1 is 1.20 bits per heavy atom. The molecule has 0 radical (unpaired) electrons. The molecule has 0 fully saturated rings. The lowest BCUT2D eigenvalue weighted by Crippen LogP contribution is -2.28. The van der Waals surface area contributed by atoms with Crippen LogP contribution in [0.4, 0.5) is 0 Å². The van der Waals surface area contributed by atoms with E-state index in [-0.39, 0.29) is 18.2 Å². The van der Waals surface area contributed by atoms with Gasteiger partial charge in [0.05, 0.1) is 17.5 Å². The number of para-hydroxylation sites is 1. The number of carbonyl (C=O) groups is 1. The first kappa shape index (κ1) is 17.0. The van der Waals surface area contributed by atoms with Crippen molar-refractivity contribution in [3.05, 3.63) is 58.0 Å². The third-order valence-electron chi connectivity index (χ3n) is 3.95. The van der Waals surface area contributed by atoms with Crippen LogP contribution in [0.5, 0.6) is 0 Å². The van der Waals surface area contributed by atoms with E-state index in [0.717, 1.165) is 22.3 Å². The molecule has 0 amide bonds. The van der Waals surface area contributed by atoms with Gasteiger partial charge in [0, 0.05) is 11.5 Å². The molecule has 6 nitrogen and oxygen atoms in total. The predicted octanol–water partition coefficient (Wildman–Crippen LogP) is 2.76. The number of aryl methyl sites for hydroxylation is 2. The number of esters is 1. The Labute approximate surface area is 145 Å². The Morgan fingerprint density at radius 3 is 2.52 bits per heavy atom. The lowest BCUT2D eigenvalue weighted by Gasteiger charge is -2.13. The molecule has 0 N–H and O–H groups in total. The first-order valence-corrected chi connectivity index (χ1v) is 8.23. The van der Waals surface area contributed by atoms with Crippen molar-refractivity contribution in [2.75, 3.05) is 0 Å². The summed E-state index contributed by atoms with van der Waals surface area (Å²) in [4.78, 5) is 24.7. The maximum absolute atomic E-state index is 12.6. The molecule has 2 heterocycles. The minimum absolute atomic E-state index is 0.147. The van der Waals surface area contributed by atoms with E-state index < -0.39 is 5.97 Å². The third kappa shape index (κ3) is 3.20. The van der Waals surface area contributed by atoms with Crippen LogP contribution in [0.25, 0.3) is 16.7 Å². The molecule has 3 aromatic rings. The topological polar surface area (TPSA) is 66.1 Å². The normalized spacial score (nSPS) is 11.2. The van der Waals surface area contributed by atoms with Gasteiger partial charge in [-0.2, -0.15) is 5.10 Å². The molecule has 25 heavy (non-hydrogen) atoms. The first-order chi connectivity index (χ1) is 11.9. The molecule has 0 saturated heterocycles. The molecule has 1 aromatic carbocycles. The third-order valence-corrected chi connectivity index (χ3v) is 3.95. The zero-order chi connectivity index (χ0) is 18.1. The predicted molar refractivity (Wildman–Crippen MR) is 96.0 cm³/mol. The van der Waals surface area contributed by atoms with Crippen molar-refractivity contribution in [2.24, 2.45) is 0 Å². The van der Waals surface area contributed by atoms with Crippen molar-refractivity contribution in [1.82, 2.24) is 14.3 Å². The lowest BCUT2D eigenvalue weighted by atomic mass is 10.1. The van der Waals surface area contributed by atoms with Gasteiger partial charge in [0.1, 0.15) is 12.2 Å². The van der Waals surface area contributed by atoms with Gasteiger partial charge >= 0.3 is 5.97 Å². The Kier molecular flexibility index (Phi) is 4.44. The van der Waals surface area contributed by atoms with E-state index in [9.17, 15) is 9.59 Å². The van der Waals surface area contributed by atoms with Crippen molar-refractivity contribution < 1.29 is 9.53 Å². The van der Waals surface area contributed by atoms with Gasteiger partial charge in [-0.25, -0.2) is 4.68 Å². The van der Waals surface area contributed by atoms with Gasteiger partial charge in [-0.3, -0.25) is 14.2 Å². The fourth-order valence-corrected chi connectivity index (χ4v) is 3.00. The van der Waals surface area contributed by atoms with Crippen LogP contribution in [-0.4, -0.2) is 26.4 Å². The number of hydrogen-bond donors (Lipinski definition) is 0. The number of nitrogens with zero attached hydrogens (tertiary/aromatic N) is 3. The summed E-state index contributed by atoms with van der Waals surface area (Å²) >= 11 is 0. The molecule has 0 spiro atoms. The number of rotatable bonds is 4. The van der Waals surface area contributed by atoms with Crippen LogP contribution in [-0.2, 0) is 16.1 Å². The van der Waals surface area contributed by atoms with E-state index in [1.165, 1.54) is 10.6 Å². The second kappa shape index (κ2) is 6.55. The van der Waals surface area contributed by atoms with Crippen LogP contribution in [0.1, 0.15) is 25.1 Å². The van der Waals surface area contributed by atoms with Gasteiger partial charge in [-0.15, -0.1) is 0 Å². The fraction of sp³-hybridized carbons (Fsp3) is 0.316. The summed E-state index contributed by atoms with van der Waals surface area (Å²) in [6.07, 6.45) is -0.232. The quantitative estimate of drug-likeness (QED) is 0.686. The minimum atomic E-state index is -0.444. The molecule has 3 rings (SSSR count). The second-order valence-corrected chi connectivity index (χ2v) is 6.32. The molecule has 0 aliphatic carbocycles. The summed E-state index contributed by atoms with van der Waals surface area (Å²) in [5, 5.41) is 5.47. The summed E-state index contributed by atoms with van der Waals surface area (Å²) in [5.74, 6) is -0.444. The standard InChI is InChI=1S/C19H21N3O3/c1-12(2)25-17(24)11-21-16(23)10-13(3)18-14(4)20-22(19(18)21)15-8-6-5-7-9-15/h5-10,12H,11H2,1-4H3. The first-order valence-electron chi connectivity index (χ1n) is 8.23. The molecular formula is C19H21N3O3. The molecule has 2 aromatic heterocycles. The van der Waals surface area contributed by atoms with Crippen LogP contribution < -0.4 is 5.56 Å². The summed E-state index contributed by atoms with van der Waals surface area (Å²) in [5.41, 5.74) is 2.84. The van der Waals surface area contributed by atoms with Gasteiger partial charge in [-0.05, 0) is 45.4 Å². The summed E-state index contributed by atoms with van der Waals surface area (Å²) in [7, 11) is 0. The lowest BCUT2D eigenvalue weighted by molar-refractivity contribution is -0.148. The number of aromatic nitrogens is 3. The highest BCUT2D eigenvalue weighted by Crippen LogP contribution is 2.23. The van der Waals surface area contributed by atoms with Crippen LogP contribution in [0.2, 0.25) is 0 Å². The maximum atomic E-state index is 12.6. The van der Waals surface area contributed by atoms with Crippen LogP contribution in [0.15, 0.2) is 41.2 Å². The number of carbonyl (C=O) groups excluding carboxylic acids is 1. The SMILES string of the molecule is Cc1cc(=O)n(CC(=O)OC(C)C)c2c1c(C)nn2-c1ccccc1. The highest BCUT2D eigenvalue weighted by Gasteiger charge is 2.19. The highest BCUT2D eigenvalue weighted by atomic mass is 16.5. The summed E-state index contributed by atoms with van der Waals surface area (Å²) in [6.45, 7) is 7.19. The van der Waals surface area contributed by atoms with Gasteiger partial charge in [0.15, 0.2) is 0 Å². The largest absolute Gasteiger partial charge is 0.462 e.